The second kappa shape index (κ2) is 8.76. The predicted molar refractivity (Wildman–Crippen MR) is 105 cm³/mol. The maximum absolute atomic E-state index is 12.5. The van der Waals surface area contributed by atoms with Gasteiger partial charge in [0.25, 0.3) is 5.91 Å². The van der Waals surface area contributed by atoms with Crippen molar-refractivity contribution in [2.45, 2.75) is 39.5 Å². The summed E-state index contributed by atoms with van der Waals surface area (Å²) in [4.78, 5) is 21.1. The molecule has 2 rings (SSSR count). The van der Waals surface area contributed by atoms with Crippen molar-refractivity contribution in [2.75, 3.05) is 30.9 Å². The lowest BCUT2D eigenvalue weighted by Crippen LogP contribution is -2.16. The summed E-state index contributed by atoms with van der Waals surface area (Å²) in [6.07, 6.45) is 0.862. The third kappa shape index (κ3) is 5.81. The van der Waals surface area contributed by atoms with E-state index in [2.05, 4.69) is 41.4 Å². The Balaban J connectivity index is 2.05. The monoisotopic (exact) mass is 356 g/mol. The fourth-order valence-electron chi connectivity index (χ4n) is 2.46. The van der Waals surface area contributed by atoms with Gasteiger partial charge in [0, 0.05) is 32.0 Å². The SMILES string of the molecule is COCCCNc1cc(C(=O)Nc2ccc(C(C)(C)C)cc2)nc(C)n1. The topological polar surface area (TPSA) is 76.1 Å². The highest BCUT2D eigenvalue weighted by Gasteiger charge is 2.14. The third-order valence-corrected chi connectivity index (χ3v) is 3.91. The first-order valence-electron chi connectivity index (χ1n) is 8.80. The molecule has 1 aromatic carbocycles. The van der Waals surface area contributed by atoms with Gasteiger partial charge in [0.05, 0.1) is 0 Å². The van der Waals surface area contributed by atoms with E-state index in [1.807, 2.05) is 24.3 Å². The van der Waals surface area contributed by atoms with E-state index in [9.17, 15) is 4.79 Å². The highest BCUT2D eigenvalue weighted by molar-refractivity contribution is 6.03. The predicted octanol–water partition coefficient (Wildman–Crippen LogP) is 3.78. The molecule has 1 amide bonds. The molecule has 0 atom stereocenters. The Morgan fingerprint density at radius 3 is 2.46 bits per heavy atom. The van der Waals surface area contributed by atoms with Gasteiger partial charge in [0.1, 0.15) is 17.3 Å². The van der Waals surface area contributed by atoms with E-state index >= 15 is 0 Å². The smallest absolute Gasteiger partial charge is 0.274 e. The van der Waals surface area contributed by atoms with Gasteiger partial charge in [0.2, 0.25) is 0 Å². The molecular weight excluding hydrogens is 328 g/mol. The number of rotatable bonds is 7. The highest BCUT2D eigenvalue weighted by Crippen LogP contribution is 2.23. The molecule has 6 nitrogen and oxygen atoms in total. The number of carbonyl (C=O) groups excluding carboxylic acids is 1. The quantitative estimate of drug-likeness (QED) is 0.738. The first-order valence-corrected chi connectivity index (χ1v) is 8.80. The van der Waals surface area contributed by atoms with Crippen molar-refractivity contribution in [1.82, 2.24) is 9.97 Å². The van der Waals surface area contributed by atoms with Gasteiger partial charge in [0.15, 0.2) is 0 Å². The molecule has 0 radical (unpaired) electrons. The molecule has 1 aromatic heterocycles. The second-order valence-electron chi connectivity index (χ2n) is 7.24. The molecular formula is C20H28N4O2. The molecule has 0 unspecified atom stereocenters. The molecule has 0 bridgehead atoms. The normalized spacial score (nSPS) is 11.3. The van der Waals surface area contributed by atoms with Crippen LogP contribution in [0.25, 0.3) is 0 Å². The van der Waals surface area contributed by atoms with E-state index in [-0.39, 0.29) is 11.3 Å². The number of nitrogens with zero attached hydrogens (tertiary/aromatic N) is 2. The van der Waals surface area contributed by atoms with Crippen LogP contribution in [0.15, 0.2) is 30.3 Å². The number of aryl methyl sites for hydroxylation is 1. The summed E-state index contributed by atoms with van der Waals surface area (Å²) >= 11 is 0. The average molecular weight is 356 g/mol. The number of amides is 1. The van der Waals surface area contributed by atoms with Gasteiger partial charge in [-0.2, -0.15) is 0 Å². The second-order valence-corrected chi connectivity index (χ2v) is 7.24. The number of anilines is 2. The van der Waals surface area contributed by atoms with E-state index in [4.69, 9.17) is 4.74 Å². The van der Waals surface area contributed by atoms with Crippen LogP contribution in [0.1, 0.15) is 49.1 Å². The Morgan fingerprint density at radius 2 is 1.85 bits per heavy atom. The Kier molecular flexibility index (Phi) is 6.69. The van der Waals surface area contributed by atoms with Crippen LogP contribution < -0.4 is 10.6 Å². The number of hydrogen-bond acceptors (Lipinski definition) is 5. The van der Waals surface area contributed by atoms with Crippen molar-refractivity contribution in [1.29, 1.82) is 0 Å². The summed E-state index contributed by atoms with van der Waals surface area (Å²) in [5.41, 5.74) is 2.38. The van der Waals surface area contributed by atoms with Crippen molar-refractivity contribution in [3.8, 4) is 0 Å². The fourth-order valence-corrected chi connectivity index (χ4v) is 2.46. The minimum atomic E-state index is -0.251. The van der Waals surface area contributed by atoms with E-state index < -0.39 is 0 Å². The van der Waals surface area contributed by atoms with Crippen molar-refractivity contribution >= 4 is 17.4 Å². The van der Waals surface area contributed by atoms with E-state index in [1.165, 1.54) is 5.56 Å². The molecule has 0 fully saturated rings. The first kappa shape index (κ1) is 19.8. The van der Waals surface area contributed by atoms with Crippen LogP contribution in [0, 0.1) is 6.92 Å². The van der Waals surface area contributed by atoms with Gasteiger partial charge in [-0.05, 0) is 36.5 Å². The van der Waals surface area contributed by atoms with Gasteiger partial charge in [-0.1, -0.05) is 32.9 Å². The molecule has 26 heavy (non-hydrogen) atoms. The van der Waals surface area contributed by atoms with Crippen LogP contribution in [0.2, 0.25) is 0 Å². The number of aromatic nitrogens is 2. The maximum atomic E-state index is 12.5. The molecule has 2 N–H and O–H groups in total. The molecule has 0 aliphatic rings. The van der Waals surface area contributed by atoms with Crippen LogP contribution >= 0.6 is 0 Å². The first-order chi connectivity index (χ1) is 12.3. The highest BCUT2D eigenvalue weighted by atomic mass is 16.5. The van der Waals surface area contributed by atoms with Crippen LogP contribution in [0.4, 0.5) is 11.5 Å². The van der Waals surface area contributed by atoms with Crippen molar-refractivity contribution in [2.24, 2.45) is 0 Å². The van der Waals surface area contributed by atoms with Crippen LogP contribution in [0.5, 0.6) is 0 Å². The third-order valence-electron chi connectivity index (χ3n) is 3.91. The zero-order valence-corrected chi connectivity index (χ0v) is 16.2. The van der Waals surface area contributed by atoms with Gasteiger partial charge in [-0.25, -0.2) is 9.97 Å². The molecule has 0 spiro atoms. The van der Waals surface area contributed by atoms with Crippen LogP contribution in [0.3, 0.4) is 0 Å². The molecule has 0 aliphatic heterocycles. The molecule has 0 saturated heterocycles. The van der Waals surface area contributed by atoms with Gasteiger partial charge < -0.3 is 15.4 Å². The lowest BCUT2D eigenvalue weighted by Gasteiger charge is -2.19. The van der Waals surface area contributed by atoms with Crippen molar-refractivity contribution in [3.05, 3.63) is 47.4 Å². The Morgan fingerprint density at radius 1 is 1.15 bits per heavy atom. The summed E-state index contributed by atoms with van der Waals surface area (Å²) < 4.78 is 5.02. The lowest BCUT2D eigenvalue weighted by molar-refractivity contribution is 0.102. The van der Waals surface area contributed by atoms with Crippen molar-refractivity contribution in [3.63, 3.8) is 0 Å². The van der Waals surface area contributed by atoms with E-state index in [0.29, 0.717) is 23.9 Å². The largest absolute Gasteiger partial charge is 0.385 e. The van der Waals surface area contributed by atoms with Crippen LogP contribution in [-0.2, 0) is 10.2 Å². The molecule has 0 saturated carbocycles. The summed E-state index contributed by atoms with van der Waals surface area (Å²) in [6.45, 7) is 9.64. The van der Waals surface area contributed by atoms with Crippen molar-refractivity contribution < 1.29 is 9.53 Å². The standard InChI is InChI=1S/C20H28N4O2/c1-14-22-17(13-18(23-14)21-11-6-12-26-5)19(25)24-16-9-7-15(8-10-16)20(2,3)4/h7-10,13H,6,11-12H2,1-5H3,(H,24,25)(H,21,22,23). The number of benzene rings is 1. The zero-order chi connectivity index (χ0) is 19.2. The van der Waals surface area contributed by atoms with Gasteiger partial charge >= 0.3 is 0 Å². The summed E-state index contributed by atoms with van der Waals surface area (Å²) in [6, 6.07) is 9.55. The average Bonchev–Trinajstić information content (AvgIpc) is 2.58. The number of carbonyl (C=O) groups is 1. The minimum Gasteiger partial charge on any atom is -0.385 e. The Bertz CT molecular complexity index is 736. The fraction of sp³-hybridized carbons (Fsp3) is 0.450. The molecule has 0 aliphatic carbocycles. The maximum Gasteiger partial charge on any atom is 0.274 e. The van der Waals surface area contributed by atoms with E-state index in [1.54, 1.807) is 20.1 Å². The number of nitrogens with one attached hydrogen (secondary N) is 2. The zero-order valence-electron chi connectivity index (χ0n) is 16.2. The number of methoxy groups -OCH3 is 1. The summed E-state index contributed by atoms with van der Waals surface area (Å²) in [5, 5.41) is 6.08. The lowest BCUT2D eigenvalue weighted by atomic mass is 9.87. The van der Waals surface area contributed by atoms with Crippen LogP contribution in [-0.4, -0.2) is 36.1 Å². The Labute approximate surface area is 155 Å². The summed E-state index contributed by atoms with van der Waals surface area (Å²) in [5.74, 6) is 0.941. The molecule has 1 heterocycles. The molecule has 140 valence electrons. The molecule has 6 heteroatoms. The summed E-state index contributed by atoms with van der Waals surface area (Å²) in [7, 11) is 1.67. The van der Waals surface area contributed by atoms with Gasteiger partial charge in [-0.3, -0.25) is 4.79 Å². The molecule has 2 aromatic rings. The number of hydrogen-bond donors (Lipinski definition) is 2. The minimum absolute atomic E-state index is 0.0791. The van der Waals surface area contributed by atoms with E-state index in [0.717, 1.165) is 18.7 Å². The van der Waals surface area contributed by atoms with Gasteiger partial charge in [-0.15, -0.1) is 0 Å². The Hall–Kier alpha value is -2.47. The number of ether oxygens (including phenoxy) is 1.